The molecule has 2 aromatic heterocycles. The summed E-state index contributed by atoms with van der Waals surface area (Å²) in [5.74, 6) is 0. The maximum absolute atomic E-state index is 6.09. The second-order valence-corrected chi connectivity index (χ2v) is 5.08. The molecule has 3 rings (SSSR count). The molecule has 0 spiro atoms. The largest absolute Gasteiger partial charge is 0.324 e. The van der Waals surface area contributed by atoms with Crippen LogP contribution in [-0.2, 0) is 0 Å². The molecule has 1 aromatic carbocycles. The maximum Gasteiger partial charge on any atom is 0.0942 e. The van der Waals surface area contributed by atoms with E-state index >= 15 is 0 Å². The number of nitrogens with zero attached hydrogens (tertiary/aromatic N) is 3. The van der Waals surface area contributed by atoms with Gasteiger partial charge < -0.3 is 5.73 Å². The summed E-state index contributed by atoms with van der Waals surface area (Å²) in [5.41, 5.74) is 10.2. The standard InChI is InChI=1S/C15H13ClN4/c1-9(17)12-6-11(16)7-13-15(12)20-14(8-19-13)10-2-4-18-5-3-10/h2-9H,17H2,1H3. The summed E-state index contributed by atoms with van der Waals surface area (Å²) in [6, 6.07) is 7.29. The molecule has 1 unspecified atom stereocenters. The van der Waals surface area contributed by atoms with Crippen LogP contribution in [0, 0.1) is 0 Å². The number of benzene rings is 1. The van der Waals surface area contributed by atoms with E-state index in [1.54, 1.807) is 24.7 Å². The van der Waals surface area contributed by atoms with Crippen molar-refractivity contribution in [2.75, 3.05) is 0 Å². The minimum Gasteiger partial charge on any atom is -0.324 e. The van der Waals surface area contributed by atoms with Gasteiger partial charge in [-0.05, 0) is 36.8 Å². The number of nitrogens with two attached hydrogens (primary N) is 1. The average Bonchev–Trinajstić information content (AvgIpc) is 2.46. The highest BCUT2D eigenvalue weighted by molar-refractivity contribution is 6.31. The molecule has 0 aliphatic rings. The first-order valence-electron chi connectivity index (χ1n) is 6.27. The molecule has 0 radical (unpaired) electrons. The number of hydrogen-bond acceptors (Lipinski definition) is 4. The van der Waals surface area contributed by atoms with Gasteiger partial charge in [-0.15, -0.1) is 0 Å². The van der Waals surface area contributed by atoms with E-state index in [9.17, 15) is 0 Å². The van der Waals surface area contributed by atoms with E-state index in [4.69, 9.17) is 17.3 Å². The second-order valence-electron chi connectivity index (χ2n) is 4.64. The van der Waals surface area contributed by atoms with E-state index in [0.29, 0.717) is 5.02 Å². The number of aromatic nitrogens is 3. The first-order valence-corrected chi connectivity index (χ1v) is 6.65. The van der Waals surface area contributed by atoms with Gasteiger partial charge in [-0.2, -0.15) is 0 Å². The number of halogens is 1. The molecule has 0 fully saturated rings. The molecule has 20 heavy (non-hydrogen) atoms. The molecule has 0 saturated heterocycles. The topological polar surface area (TPSA) is 64.7 Å². The van der Waals surface area contributed by atoms with Crippen LogP contribution < -0.4 is 5.73 Å². The third-order valence-electron chi connectivity index (χ3n) is 3.11. The lowest BCUT2D eigenvalue weighted by atomic mass is 10.1. The summed E-state index contributed by atoms with van der Waals surface area (Å²) in [5, 5.41) is 0.621. The Morgan fingerprint density at radius 3 is 2.65 bits per heavy atom. The molecule has 100 valence electrons. The Bertz CT molecular complexity index is 756. The van der Waals surface area contributed by atoms with Crippen LogP contribution in [0.1, 0.15) is 18.5 Å². The van der Waals surface area contributed by atoms with Crippen molar-refractivity contribution in [2.45, 2.75) is 13.0 Å². The number of fused-ring (bicyclic) bond motifs is 1. The summed E-state index contributed by atoms with van der Waals surface area (Å²) in [7, 11) is 0. The zero-order valence-electron chi connectivity index (χ0n) is 10.9. The summed E-state index contributed by atoms with van der Waals surface area (Å²) in [4.78, 5) is 13.1. The van der Waals surface area contributed by atoms with Gasteiger partial charge >= 0.3 is 0 Å². The molecule has 1 atom stereocenters. The highest BCUT2D eigenvalue weighted by atomic mass is 35.5. The lowest BCUT2D eigenvalue weighted by Crippen LogP contribution is -2.07. The molecule has 3 aromatic rings. The van der Waals surface area contributed by atoms with Gasteiger partial charge in [-0.25, -0.2) is 4.98 Å². The van der Waals surface area contributed by atoms with Crippen molar-refractivity contribution in [2.24, 2.45) is 5.73 Å². The van der Waals surface area contributed by atoms with Gasteiger partial charge in [-0.3, -0.25) is 9.97 Å². The first-order chi connectivity index (χ1) is 9.65. The van der Waals surface area contributed by atoms with Crippen LogP contribution in [0.25, 0.3) is 22.3 Å². The smallest absolute Gasteiger partial charge is 0.0942 e. The Hall–Kier alpha value is -2.04. The fourth-order valence-corrected chi connectivity index (χ4v) is 2.34. The predicted octanol–water partition coefficient (Wildman–Crippen LogP) is 3.36. The summed E-state index contributed by atoms with van der Waals surface area (Å²) in [6.07, 6.45) is 5.20. The second kappa shape index (κ2) is 5.15. The minimum absolute atomic E-state index is 0.154. The maximum atomic E-state index is 6.09. The normalized spacial score (nSPS) is 12.6. The zero-order valence-corrected chi connectivity index (χ0v) is 11.7. The van der Waals surface area contributed by atoms with Crippen LogP contribution in [0.3, 0.4) is 0 Å². The number of hydrogen-bond donors (Lipinski definition) is 1. The van der Waals surface area contributed by atoms with Gasteiger partial charge in [0.1, 0.15) is 0 Å². The Kier molecular flexibility index (Phi) is 3.34. The fourth-order valence-electron chi connectivity index (χ4n) is 2.11. The first kappa shape index (κ1) is 13.0. The van der Waals surface area contributed by atoms with E-state index in [1.165, 1.54) is 0 Å². The molecule has 5 heteroatoms. The van der Waals surface area contributed by atoms with Crippen LogP contribution in [0.5, 0.6) is 0 Å². The molecule has 0 saturated carbocycles. The van der Waals surface area contributed by atoms with Crippen LogP contribution in [0.2, 0.25) is 5.02 Å². The molecule has 4 nitrogen and oxygen atoms in total. The van der Waals surface area contributed by atoms with Crippen molar-refractivity contribution in [3.8, 4) is 11.3 Å². The van der Waals surface area contributed by atoms with E-state index in [-0.39, 0.29) is 6.04 Å². The third kappa shape index (κ3) is 2.35. The summed E-state index contributed by atoms with van der Waals surface area (Å²) < 4.78 is 0. The molecule has 0 amide bonds. The fraction of sp³-hybridized carbons (Fsp3) is 0.133. The van der Waals surface area contributed by atoms with Crippen LogP contribution in [0.4, 0.5) is 0 Å². The van der Waals surface area contributed by atoms with E-state index < -0.39 is 0 Å². The predicted molar refractivity (Wildman–Crippen MR) is 80.4 cm³/mol. The van der Waals surface area contributed by atoms with Gasteiger partial charge in [0.25, 0.3) is 0 Å². The van der Waals surface area contributed by atoms with Crippen molar-refractivity contribution in [1.82, 2.24) is 15.0 Å². The molecule has 0 bridgehead atoms. The highest BCUT2D eigenvalue weighted by Gasteiger charge is 2.11. The lowest BCUT2D eigenvalue weighted by Gasteiger charge is -2.11. The summed E-state index contributed by atoms with van der Waals surface area (Å²) in [6.45, 7) is 1.91. The Labute approximate surface area is 121 Å². The Morgan fingerprint density at radius 1 is 1.20 bits per heavy atom. The van der Waals surface area contributed by atoms with Gasteiger partial charge in [0.05, 0.1) is 22.9 Å². The van der Waals surface area contributed by atoms with E-state index in [0.717, 1.165) is 27.9 Å². The monoisotopic (exact) mass is 284 g/mol. The van der Waals surface area contributed by atoms with Crippen molar-refractivity contribution in [3.63, 3.8) is 0 Å². The Morgan fingerprint density at radius 2 is 1.95 bits per heavy atom. The quantitative estimate of drug-likeness (QED) is 0.783. The van der Waals surface area contributed by atoms with E-state index in [1.807, 2.05) is 25.1 Å². The van der Waals surface area contributed by atoms with Crippen LogP contribution in [-0.4, -0.2) is 15.0 Å². The summed E-state index contributed by atoms with van der Waals surface area (Å²) >= 11 is 6.09. The number of pyridine rings is 1. The molecular weight excluding hydrogens is 272 g/mol. The number of rotatable bonds is 2. The van der Waals surface area contributed by atoms with Gasteiger partial charge in [0.15, 0.2) is 0 Å². The Balaban J connectivity index is 2.25. The van der Waals surface area contributed by atoms with Crippen molar-refractivity contribution < 1.29 is 0 Å². The minimum atomic E-state index is -0.154. The molecule has 2 heterocycles. The SMILES string of the molecule is CC(N)c1cc(Cl)cc2ncc(-c3ccncc3)nc12. The van der Waals surface area contributed by atoms with Gasteiger partial charge in [-0.1, -0.05) is 11.6 Å². The highest BCUT2D eigenvalue weighted by Crippen LogP contribution is 2.27. The van der Waals surface area contributed by atoms with E-state index in [2.05, 4.69) is 15.0 Å². The van der Waals surface area contributed by atoms with Crippen LogP contribution in [0.15, 0.2) is 42.9 Å². The molecular formula is C15H13ClN4. The van der Waals surface area contributed by atoms with Crippen molar-refractivity contribution in [3.05, 3.63) is 53.4 Å². The molecule has 0 aliphatic carbocycles. The van der Waals surface area contributed by atoms with Gasteiger partial charge in [0, 0.05) is 29.0 Å². The van der Waals surface area contributed by atoms with Crippen LogP contribution >= 0.6 is 11.6 Å². The van der Waals surface area contributed by atoms with Crippen molar-refractivity contribution >= 4 is 22.6 Å². The lowest BCUT2D eigenvalue weighted by molar-refractivity contribution is 0.823. The van der Waals surface area contributed by atoms with Crippen molar-refractivity contribution in [1.29, 1.82) is 0 Å². The zero-order chi connectivity index (χ0) is 14.1. The average molecular weight is 285 g/mol. The van der Waals surface area contributed by atoms with Gasteiger partial charge in [0.2, 0.25) is 0 Å². The molecule has 0 aliphatic heterocycles. The third-order valence-corrected chi connectivity index (χ3v) is 3.33. The molecule has 2 N–H and O–H groups in total.